The predicted molar refractivity (Wildman–Crippen MR) is 92.3 cm³/mol. The van der Waals surface area contributed by atoms with Crippen LogP contribution >= 0.6 is 0 Å². The fourth-order valence-electron chi connectivity index (χ4n) is 4.66. The summed E-state index contributed by atoms with van der Waals surface area (Å²) in [6, 6.07) is 1.33. The van der Waals surface area contributed by atoms with Gasteiger partial charge in [0, 0.05) is 25.2 Å². The molecule has 4 atom stereocenters. The molecule has 0 bridgehead atoms. The van der Waals surface area contributed by atoms with Gasteiger partial charge in [0.05, 0.1) is 0 Å². The molecule has 23 heavy (non-hydrogen) atoms. The van der Waals surface area contributed by atoms with Gasteiger partial charge in [-0.2, -0.15) is 0 Å². The third-order valence-corrected chi connectivity index (χ3v) is 5.93. The summed E-state index contributed by atoms with van der Waals surface area (Å²) in [4.78, 5) is 14.1. The first-order valence-electron chi connectivity index (χ1n) is 9.50. The molecule has 2 aliphatic carbocycles. The number of carbonyl (C=O) groups excluding carboxylic acids is 1. The van der Waals surface area contributed by atoms with E-state index in [2.05, 4.69) is 19.2 Å². The number of nitrogens with zero attached hydrogens (tertiary/aromatic N) is 1. The first-order valence-corrected chi connectivity index (χ1v) is 9.50. The van der Waals surface area contributed by atoms with Gasteiger partial charge < -0.3 is 15.0 Å². The van der Waals surface area contributed by atoms with Crippen LogP contribution in [0.25, 0.3) is 0 Å². The number of ether oxygens (including phenoxy) is 1. The van der Waals surface area contributed by atoms with Crippen molar-refractivity contribution in [3.8, 4) is 0 Å². The van der Waals surface area contributed by atoms with Gasteiger partial charge in [-0.15, -0.1) is 0 Å². The van der Waals surface area contributed by atoms with Crippen LogP contribution < -0.4 is 5.32 Å². The van der Waals surface area contributed by atoms with Crippen molar-refractivity contribution in [2.24, 2.45) is 23.7 Å². The van der Waals surface area contributed by atoms with Gasteiger partial charge >= 0.3 is 6.09 Å². The van der Waals surface area contributed by atoms with E-state index >= 15 is 0 Å². The molecule has 3 fully saturated rings. The zero-order chi connectivity index (χ0) is 16.8. The minimum atomic E-state index is -0.395. The average molecular weight is 322 g/mol. The van der Waals surface area contributed by atoms with Gasteiger partial charge in [-0.05, 0) is 57.3 Å². The quantitative estimate of drug-likeness (QED) is 0.862. The third kappa shape index (κ3) is 3.84. The molecule has 4 heteroatoms. The largest absolute Gasteiger partial charge is 0.444 e. The molecule has 3 aliphatic rings. The van der Waals surface area contributed by atoms with Crippen molar-refractivity contribution < 1.29 is 9.53 Å². The SMILES string of the molecule is CC(C)C1CCCCC1NC1C2CN(C(=O)OC(C)(C)C)CC21. The number of piperidine rings is 1. The summed E-state index contributed by atoms with van der Waals surface area (Å²) in [6.07, 6.45) is 5.33. The highest BCUT2D eigenvalue weighted by atomic mass is 16.6. The second-order valence-electron chi connectivity index (χ2n) is 9.20. The molecule has 1 amide bonds. The Balaban J connectivity index is 1.47. The van der Waals surface area contributed by atoms with E-state index in [9.17, 15) is 4.79 Å². The van der Waals surface area contributed by atoms with Crippen molar-refractivity contribution in [1.29, 1.82) is 0 Å². The molecule has 4 unspecified atom stereocenters. The monoisotopic (exact) mass is 322 g/mol. The lowest BCUT2D eigenvalue weighted by atomic mass is 9.78. The molecule has 4 nitrogen and oxygen atoms in total. The fourth-order valence-corrected chi connectivity index (χ4v) is 4.66. The molecule has 2 saturated carbocycles. The highest BCUT2D eigenvalue weighted by Gasteiger charge is 2.57. The number of nitrogens with one attached hydrogen (secondary N) is 1. The van der Waals surface area contributed by atoms with Gasteiger partial charge in [0.2, 0.25) is 0 Å². The summed E-state index contributed by atoms with van der Waals surface area (Å²) in [6.45, 7) is 12.3. The van der Waals surface area contributed by atoms with Crippen molar-refractivity contribution in [3.05, 3.63) is 0 Å². The van der Waals surface area contributed by atoms with E-state index in [-0.39, 0.29) is 6.09 Å². The Morgan fingerprint density at radius 2 is 1.74 bits per heavy atom. The van der Waals surface area contributed by atoms with Crippen molar-refractivity contribution >= 4 is 6.09 Å². The molecule has 0 aromatic rings. The lowest BCUT2D eigenvalue weighted by molar-refractivity contribution is 0.0267. The van der Waals surface area contributed by atoms with E-state index < -0.39 is 5.60 Å². The Morgan fingerprint density at radius 3 is 2.30 bits per heavy atom. The summed E-state index contributed by atoms with van der Waals surface area (Å²) in [7, 11) is 0. The summed E-state index contributed by atoms with van der Waals surface area (Å²) >= 11 is 0. The van der Waals surface area contributed by atoms with Crippen LogP contribution in [-0.2, 0) is 4.74 Å². The Labute approximate surface area is 141 Å². The number of hydrogen-bond donors (Lipinski definition) is 1. The van der Waals surface area contributed by atoms with Gasteiger partial charge in [0.15, 0.2) is 0 Å². The highest BCUT2D eigenvalue weighted by Crippen LogP contribution is 2.47. The molecule has 1 saturated heterocycles. The molecule has 0 aromatic heterocycles. The summed E-state index contributed by atoms with van der Waals surface area (Å²) < 4.78 is 5.49. The van der Waals surface area contributed by atoms with Gasteiger partial charge in [-0.3, -0.25) is 0 Å². The smallest absolute Gasteiger partial charge is 0.410 e. The van der Waals surface area contributed by atoms with Crippen LogP contribution in [0.2, 0.25) is 0 Å². The molecule has 1 aliphatic heterocycles. The van der Waals surface area contributed by atoms with Crippen LogP contribution in [0, 0.1) is 23.7 Å². The first kappa shape index (κ1) is 17.1. The lowest BCUT2D eigenvalue weighted by Crippen LogP contribution is -2.45. The van der Waals surface area contributed by atoms with Crippen molar-refractivity contribution in [3.63, 3.8) is 0 Å². The van der Waals surface area contributed by atoms with Gasteiger partial charge in [0.1, 0.15) is 5.60 Å². The fraction of sp³-hybridized carbons (Fsp3) is 0.947. The van der Waals surface area contributed by atoms with E-state index in [0.717, 1.165) is 24.9 Å². The summed E-state index contributed by atoms with van der Waals surface area (Å²) in [5.41, 5.74) is -0.395. The molecule has 3 rings (SSSR count). The molecular formula is C19H34N2O2. The maximum Gasteiger partial charge on any atom is 0.410 e. The number of rotatable bonds is 3. The van der Waals surface area contributed by atoms with Gasteiger partial charge in [-0.1, -0.05) is 26.7 Å². The molecule has 0 spiro atoms. The molecule has 1 heterocycles. The Bertz CT molecular complexity index is 431. The topological polar surface area (TPSA) is 41.6 Å². The second-order valence-corrected chi connectivity index (χ2v) is 9.20. The minimum Gasteiger partial charge on any atom is -0.444 e. The van der Waals surface area contributed by atoms with Crippen LogP contribution in [0.1, 0.15) is 60.3 Å². The van der Waals surface area contributed by atoms with Crippen LogP contribution in [0.15, 0.2) is 0 Å². The highest BCUT2D eigenvalue weighted by molar-refractivity contribution is 5.69. The van der Waals surface area contributed by atoms with E-state index in [0.29, 0.717) is 23.9 Å². The van der Waals surface area contributed by atoms with Gasteiger partial charge in [0.25, 0.3) is 0 Å². The zero-order valence-electron chi connectivity index (χ0n) is 15.5. The molecule has 1 N–H and O–H groups in total. The Kier molecular flexibility index (Phi) is 4.65. The van der Waals surface area contributed by atoms with E-state index in [1.807, 2.05) is 25.7 Å². The van der Waals surface area contributed by atoms with Crippen LogP contribution in [0.4, 0.5) is 4.79 Å². The maximum absolute atomic E-state index is 12.1. The van der Waals surface area contributed by atoms with Crippen molar-refractivity contribution in [2.75, 3.05) is 13.1 Å². The normalized spacial score (nSPS) is 37.0. The van der Waals surface area contributed by atoms with E-state index in [1.165, 1.54) is 25.7 Å². The van der Waals surface area contributed by atoms with Crippen LogP contribution in [-0.4, -0.2) is 41.8 Å². The van der Waals surface area contributed by atoms with E-state index in [1.54, 1.807) is 0 Å². The number of carbonyl (C=O) groups is 1. The maximum atomic E-state index is 12.1. The number of amides is 1. The molecule has 0 radical (unpaired) electrons. The summed E-state index contributed by atoms with van der Waals surface area (Å²) in [5, 5.41) is 3.96. The summed E-state index contributed by atoms with van der Waals surface area (Å²) in [5.74, 6) is 2.89. The van der Waals surface area contributed by atoms with Crippen LogP contribution in [0.5, 0.6) is 0 Å². The molecule has 0 aromatic carbocycles. The number of fused-ring (bicyclic) bond motifs is 1. The first-order chi connectivity index (χ1) is 10.8. The standard InChI is InChI=1S/C19H34N2O2/c1-12(2)13-8-6-7-9-16(13)20-17-14-10-21(11-15(14)17)18(22)23-19(3,4)5/h12-17,20H,6-11H2,1-5H3. The molecular weight excluding hydrogens is 288 g/mol. The van der Waals surface area contributed by atoms with Crippen LogP contribution in [0.3, 0.4) is 0 Å². The second kappa shape index (κ2) is 6.27. The Hall–Kier alpha value is -0.770. The zero-order valence-corrected chi connectivity index (χ0v) is 15.5. The van der Waals surface area contributed by atoms with E-state index in [4.69, 9.17) is 4.74 Å². The predicted octanol–water partition coefficient (Wildman–Crippen LogP) is 3.66. The number of hydrogen-bond acceptors (Lipinski definition) is 3. The van der Waals surface area contributed by atoms with Crippen molar-refractivity contribution in [1.82, 2.24) is 10.2 Å². The number of likely N-dealkylation sites (tertiary alicyclic amines) is 1. The third-order valence-electron chi connectivity index (χ3n) is 5.93. The molecule has 132 valence electrons. The van der Waals surface area contributed by atoms with Gasteiger partial charge in [-0.25, -0.2) is 4.79 Å². The average Bonchev–Trinajstić information content (AvgIpc) is 2.90. The minimum absolute atomic E-state index is 0.138. The van der Waals surface area contributed by atoms with Crippen molar-refractivity contribution in [2.45, 2.75) is 78.0 Å². The Morgan fingerprint density at radius 1 is 1.13 bits per heavy atom. The lowest BCUT2D eigenvalue weighted by Gasteiger charge is -2.36.